The molecule has 1 fully saturated rings. The van der Waals surface area contributed by atoms with Crippen LogP contribution < -0.4 is 10.2 Å². The maximum Gasteiger partial charge on any atom is 0.250 e. The van der Waals surface area contributed by atoms with Gasteiger partial charge in [0.1, 0.15) is 11.9 Å². The molecule has 112 valence electrons. The van der Waals surface area contributed by atoms with Crippen LogP contribution >= 0.6 is 0 Å². The molecule has 0 spiro atoms. The van der Waals surface area contributed by atoms with E-state index in [0.29, 0.717) is 6.54 Å². The molecule has 7 heteroatoms. The second-order valence-electron chi connectivity index (χ2n) is 5.33. The molecule has 1 aliphatic heterocycles. The SMILES string of the molecule is CCn1cc(N[C@H]2CCN(c3cc(C)nn3C)C2=O)cn1. The van der Waals surface area contributed by atoms with Gasteiger partial charge in [-0.15, -0.1) is 0 Å². The predicted octanol–water partition coefficient (Wildman–Crippen LogP) is 1.16. The summed E-state index contributed by atoms with van der Waals surface area (Å²) >= 11 is 0. The third-order valence-corrected chi connectivity index (χ3v) is 3.76. The molecule has 2 aromatic heterocycles. The fraction of sp³-hybridized carbons (Fsp3) is 0.500. The van der Waals surface area contributed by atoms with E-state index in [4.69, 9.17) is 0 Å². The molecule has 0 aliphatic carbocycles. The highest BCUT2D eigenvalue weighted by Crippen LogP contribution is 2.23. The Kier molecular flexibility index (Phi) is 3.40. The molecule has 0 saturated carbocycles. The van der Waals surface area contributed by atoms with E-state index in [0.717, 1.165) is 30.2 Å². The number of hydrogen-bond donors (Lipinski definition) is 1. The summed E-state index contributed by atoms with van der Waals surface area (Å²) < 4.78 is 3.59. The Morgan fingerprint density at radius 1 is 1.48 bits per heavy atom. The molecular formula is C14H20N6O. The lowest BCUT2D eigenvalue weighted by molar-refractivity contribution is -0.117. The first kappa shape index (κ1) is 13.7. The van der Waals surface area contributed by atoms with Crippen LogP contribution in [0.5, 0.6) is 0 Å². The molecule has 7 nitrogen and oxygen atoms in total. The van der Waals surface area contributed by atoms with Gasteiger partial charge in [0.05, 0.1) is 17.6 Å². The quantitative estimate of drug-likeness (QED) is 0.917. The summed E-state index contributed by atoms with van der Waals surface area (Å²) in [4.78, 5) is 14.3. The van der Waals surface area contributed by atoms with E-state index in [2.05, 4.69) is 15.5 Å². The van der Waals surface area contributed by atoms with Gasteiger partial charge >= 0.3 is 0 Å². The van der Waals surface area contributed by atoms with Crippen molar-refractivity contribution in [3.05, 3.63) is 24.2 Å². The Bertz CT molecular complexity index is 658. The van der Waals surface area contributed by atoms with Gasteiger partial charge in [0.15, 0.2) is 0 Å². The molecule has 1 N–H and O–H groups in total. The third kappa shape index (κ3) is 2.51. The first-order valence-corrected chi connectivity index (χ1v) is 7.19. The van der Waals surface area contributed by atoms with E-state index in [-0.39, 0.29) is 11.9 Å². The number of hydrogen-bond acceptors (Lipinski definition) is 4. The van der Waals surface area contributed by atoms with Crippen LogP contribution in [0.3, 0.4) is 0 Å². The number of nitrogens with one attached hydrogen (secondary N) is 1. The highest BCUT2D eigenvalue weighted by molar-refractivity contribution is 6.00. The molecule has 0 bridgehead atoms. The minimum atomic E-state index is -0.199. The van der Waals surface area contributed by atoms with Crippen molar-refractivity contribution in [2.24, 2.45) is 7.05 Å². The van der Waals surface area contributed by atoms with Gasteiger partial charge in [-0.05, 0) is 20.3 Å². The van der Waals surface area contributed by atoms with Gasteiger partial charge in [0.25, 0.3) is 5.91 Å². The van der Waals surface area contributed by atoms with E-state index in [1.165, 1.54) is 0 Å². The van der Waals surface area contributed by atoms with Gasteiger partial charge in [-0.2, -0.15) is 10.2 Å². The molecule has 1 amide bonds. The topological polar surface area (TPSA) is 68.0 Å². The van der Waals surface area contributed by atoms with Crippen molar-refractivity contribution in [1.82, 2.24) is 19.6 Å². The van der Waals surface area contributed by atoms with E-state index in [9.17, 15) is 4.79 Å². The maximum atomic E-state index is 12.5. The Morgan fingerprint density at radius 3 is 2.90 bits per heavy atom. The van der Waals surface area contributed by atoms with Crippen LogP contribution in [0.2, 0.25) is 0 Å². The second kappa shape index (κ2) is 5.23. The zero-order valence-corrected chi connectivity index (χ0v) is 12.6. The normalized spacial score (nSPS) is 18.5. The molecule has 1 saturated heterocycles. The molecule has 0 unspecified atom stereocenters. The van der Waals surface area contributed by atoms with Crippen molar-refractivity contribution in [3.63, 3.8) is 0 Å². The summed E-state index contributed by atoms with van der Waals surface area (Å²) in [5, 5.41) is 11.8. The summed E-state index contributed by atoms with van der Waals surface area (Å²) in [5.41, 5.74) is 1.80. The summed E-state index contributed by atoms with van der Waals surface area (Å²) in [6.45, 7) is 5.49. The molecule has 1 atom stereocenters. The Balaban J connectivity index is 1.73. The number of aryl methyl sites for hydroxylation is 3. The number of amides is 1. The standard InChI is InChI=1S/C14H20N6O/c1-4-19-9-11(8-15-19)16-12-5-6-20(14(12)21)13-7-10(2)17-18(13)3/h7-9,12,16H,4-6H2,1-3H3/t12-/m0/s1. The van der Waals surface area contributed by atoms with Crippen molar-refractivity contribution in [1.29, 1.82) is 0 Å². The molecule has 2 aromatic rings. The number of carbonyl (C=O) groups is 1. The maximum absolute atomic E-state index is 12.5. The van der Waals surface area contributed by atoms with Crippen molar-refractivity contribution in [3.8, 4) is 0 Å². The fourth-order valence-corrected chi connectivity index (χ4v) is 2.70. The second-order valence-corrected chi connectivity index (χ2v) is 5.33. The number of rotatable bonds is 4. The third-order valence-electron chi connectivity index (χ3n) is 3.76. The summed E-state index contributed by atoms with van der Waals surface area (Å²) in [6.07, 6.45) is 4.46. The number of nitrogens with zero attached hydrogens (tertiary/aromatic N) is 5. The van der Waals surface area contributed by atoms with E-state index >= 15 is 0 Å². The number of carbonyl (C=O) groups excluding carboxylic acids is 1. The monoisotopic (exact) mass is 288 g/mol. The molecule has 3 rings (SSSR count). The van der Waals surface area contributed by atoms with Crippen molar-refractivity contribution in [2.75, 3.05) is 16.8 Å². The van der Waals surface area contributed by atoms with Gasteiger partial charge in [-0.3, -0.25) is 19.1 Å². The molecular weight excluding hydrogens is 268 g/mol. The summed E-state index contributed by atoms with van der Waals surface area (Å²) in [7, 11) is 1.86. The predicted molar refractivity (Wildman–Crippen MR) is 80.2 cm³/mol. The van der Waals surface area contributed by atoms with Crippen LogP contribution in [0.15, 0.2) is 18.5 Å². The van der Waals surface area contributed by atoms with Gasteiger partial charge in [-0.1, -0.05) is 0 Å². The highest BCUT2D eigenvalue weighted by Gasteiger charge is 2.34. The molecule has 21 heavy (non-hydrogen) atoms. The minimum absolute atomic E-state index is 0.0854. The Morgan fingerprint density at radius 2 is 2.29 bits per heavy atom. The first-order valence-electron chi connectivity index (χ1n) is 7.19. The smallest absolute Gasteiger partial charge is 0.250 e. The van der Waals surface area contributed by atoms with Crippen molar-refractivity contribution >= 4 is 17.4 Å². The average Bonchev–Trinajstić information content (AvgIpc) is 3.12. The van der Waals surface area contributed by atoms with E-state index < -0.39 is 0 Å². The zero-order valence-electron chi connectivity index (χ0n) is 12.6. The molecule has 1 aliphatic rings. The zero-order chi connectivity index (χ0) is 15.0. The number of anilines is 2. The summed E-state index contributed by atoms with van der Waals surface area (Å²) in [6, 6.07) is 1.74. The number of aromatic nitrogens is 4. The van der Waals surface area contributed by atoms with Crippen LogP contribution in [-0.4, -0.2) is 38.1 Å². The van der Waals surface area contributed by atoms with Crippen LogP contribution in [0, 0.1) is 6.92 Å². The van der Waals surface area contributed by atoms with Crippen LogP contribution in [0.1, 0.15) is 19.0 Å². The van der Waals surface area contributed by atoms with E-state index in [1.807, 2.05) is 37.8 Å². The summed E-state index contributed by atoms with van der Waals surface area (Å²) in [5.74, 6) is 0.938. The highest BCUT2D eigenvalue weighted by atomic mass is 16.2. The average molecular weight is 288 g/mol. The lowest BCUT2D eigenvalue weighted by Crippen LogP contribution is -2.34. The minimum Gasteiger partial charge on any atom is -0.371 e. The van der Waals surface area contributed by atoms with Crippen LogP contribution in [-0.2, 0) is 18.4 Å². The molecule has 0 radical (unpaired) electrons. The molecule has 0 aromatic carbocycles. The van der Waals surface area contributed by atoms with Crippen molar-refractivity contribution < 1.29 is 4.79 Å². The van der Waals surface area contributed by atoms with Gasteiger partial charge in [-0.25, -0.2) is 0 Å². The van der Waals surface area contributed by atoms with Crippen LogP contribution in [0.25, 0.3) is 0 Å². The first-order chi connectivity index (χ1) is 10.1. The lowest BCUT2D eigenvalue weighted by Gasteiger charge is -2.16. The largest absolute Gasteiger partial charge is 0.371 e. The van der Waals surface area contributed by atoms with Gasteiger partial charge in [0.2, 0.25) is 0 Å². The van der Waals surface area contributed by atoms with Gasteiger partial charge < -0.3 is 5.32 Å². The van der Waals surface area contributed by atoms with Crippen molar-refractivity contribution in [2.45, 2.75) is 32.9 Å². The lowest BCUT2D eigenvalue weighted by atomic mass is 10.2. The Hall–Kier alpha value is -2.31. The van der Waals surface area contributed by atoms with Crippen LogP contribution in [0.4, 0.5) is 11.5 Å². The Labute approximate surface area is 123 Å². The van der Waals surface area contributed by atoms with Gasteiger partial charge in [0, 0.05) is 32.4 Å². The van der Waals surface area contributed by atoms with E-state index in [1.54, 1.807) is 15.8 Å². The fourth-order valence-electron chi connectivity index (χ4n) is 2.70. The molecule has 3 heterocycles.